The maximum atomic E-state index is 13.7. The number of anilines is 2. The van der Waals surface area contributed by atoms with Crippen LogP contribution in [0.3, 0.4) is 0 Å². The molecule has 0 saturated carbocycles. The molecule has 9 nitrogen and oxygen atoms in total. The van der Waals surface area contributed by atoms with E-state index in [1.165, 1.54) is 12.1 Å². The van der Waals surface area contributed by atoms with Crippen LogP contribution in [0.15, 0.2) is 66.7 Å². The van der Waals surface area contributed by atoms with E-state index in [9.17, 15) is 19.7 Å². The molecule has 10 heteroatoms. The van der Waals surface area contributed by atoms with Crippen molar-refractivity contribution in [3.05, 3.63) is 98.6 Å². The van der Waals surface area contributed by atoms with Crippen molar-refractivity contribution < 1.29 is 24.0 Å². The molecule has 0 bridgehead atoms. The average molecular weight is 536 g/mol. The van der Waals surface area contributed by atoms with Gasteiger partial charge in [0.1, 0.15) is 5.92 Å². The fraction of sp³-hybridized carbons (Fsp3) is 0.286. The normalized spacial score (nSPS) is 18.8. The minimum Gasteiger partial charge on any atom is -0.351 e. The highest BCUT2D eigenvalue weighted by Gasteiger charge is 2.46. The molecule has 1 saturated heterocycles. The number of hydrogen-bond donors (Lipinski definition) is 1. The lowest BCUT2D eigenvalue weighted by molar-refractivity contribution is -0.384. The zero-order chi connectivity index (χ0) is 27.0. The standard InChI is InChI=1S/C28H26ClN3O6/c1-28(2)15-37-27(38-16-28)24-22-13-20(30-25(33)18-5-7-19(29)8-6-18)9-12-23(22)31(26(24)34)14-17-3-10-21(11-4-17)32(35)36/h3-13,24,27H,14-16H2,1-2H3,(H,30,33). The number of ether oxygens (including phenoxy) is 2. The van der Waals surface area contributed by atoms with Crippen molar-refractivity contribution in [2.24, 2.45) is 5.41 Å². The van der Waals surface area contributed by atoms with Gasteiger partial charge in [-0.05, 0) is 53.6 Å². The van der Waals surface area contributed by atoms with Crippen LogP contribution in [0, 0.1) is 15.5 Å². The topological polar surface area (TPSA) is 111 Å². The molecule has 196 valence electrons. The number of amides is 2. The van der Waals surface area contributed by atoms with E-state index in [0.717, 1.165) is 5.56 Å². The first-order valence-electron chi connectivity index (χ1n) is 12.1. The van der Waals surface area contributed by atoms with Gasteiger partial charge in [0.2, 0.25) is 5.91 Å². The molecule has 1 atom stereocenters. The van der Waals surface area contributed by atoms with Gasteiger partial charge in [-0.25, -0.2) is 0 Å². The van der Waals surface area contributed by atoms with Crippen molar-refractivity contribution in [1.82, 2.24) is 0 Å². The predicted octanol–water partition coefficient (Wildman–Crippen LogP) is 5.53. The van der Waals surface area contributed by atoms with Crippen LogP contribution in [0.4, 0.5) is 17.1 Å². The SMILES string of the molecule is CC1(C)COC(C2C(=O)N(Cc3ccc([N+](=O)[O-])cc3)c3ccc(NC(=O)c4ccc(Cl)cc4)cc32)OC1. The lowest BCUT2D eigenvalue weighted by Crippen LogP contribution is -2.43. The molecular formula is C28H26ClN3O6. The first-order chi connectivity index (χ1) is 18.1. The summed E-state index contributed by atoms with van der Waals surface area (Å²) in [4.78, 5) is 38.7. The van der Waals surface area contributed by atoms with Crippen LogP contribution in [0.2, 0.25) is 5.02 Å². The molecular weight excluding hydrogens is 510 g/mol. The molecule has 2 amide bonds. The Morgan fingerprint density at radius 2 is 1.74 bits per heavy atom. The summed E-state index contributed by atoms with van der Waals surface area (Å²) in [5.41, 5.74) is 2.86. The molecule has 1 unspecified atom stereocenters. The van der Waals surface area contributed by atoms with Gasteiger partial charge >= 0.3 is 0 Å². The van der Waals surface area contributed by atoms with Crippen LogP contribution in [0.25, 0.3) is 0 Å². The van der Waals surface area contributed by atoms with Gasteiger partial charge in [0.05, 0.1) is 24.7 Å². The molecule has 3 aromatic carbocycles. The van der Waals surface area contributed by atoms with Gasteiger partial charge in [0.25, 0.3) is 11.6 Å². The summed E-state index contributed by atoms with van der Waals surface area (Å²) in [7, 11) is 0. The highest BCUT2D eigenvalue weighted by molar-refractivity contribution is 6.30. The summed E-state index contributed by atoms with van der Waals surface area (Å²) in [6, 6.07) is 17.9. The van der Waals surface area contributed by atoms with E-state index in [-0.39, 0.29) is 29.5 Å². The van der Waals surface area contributed by atoms with Crippen LogP contribution in [0.5, 0.6) is 0 Å². The second kappa shape index (κ2) is 10.2. The molecule has 2 heterocycles. The fourth-order valence-electron chi connectivity index (χ4n) is 4.58. The Bertz CT molecular complexity index is 1380. The number of rotatable bonds is 6. The summed E-state index contributed by atoms with van der Waals surface area (Å²) in [6.45, 7) is 5.14. The van der Waals surface area contributed by atoms with E-state index >= 15 is 0 Å². The molecule has 0 aliphatic carbocycles. The predicted molar refractivity (Wildman–Crippen MR) is 142 cm³/mol. The van der Waals surface area contributed by atoms with E-state index in [1.807, 2.05) is 13.8 Å². The third kappa shape index (κ3) is 5.26. The number of carbonyl (C=O) groups is 2. The minimum atomic E-state index is -0.779. The smallest absolute Gasteiger partial charge is 0.269 e. The van der Waals surface area contributed by atoms with E-state index < -0.39 is 17.1 Å². The number of benzene rings is 3. The molecule has 0 radical (unpaired) electrons. The van der Waals surface area contributed by atoms with Crippen molar-refractivity contribution in [3.63, 3.8) is 0 Å². The largest absolute Gasteiger partial charge is 0.351 e. The third-order valence-electron chi connectivity index (χ3n) is 6.59. The Kier molecular flexibility index (Phi) is 6.92. The number of nitrogens with zero attached hydrogens (tertiary/aromatic N) is 2. The number of fused-ring (bicyclic) bond motifs is 1. The molecule has 0 aromatic heterocycles. The summed E-state index contributed by atoms with van der Waals surface area (Å²) in [5.74, 6) is -1.24. The quantitative estimate of drug-likeness (QED) is 0.328. The van der Waals surface area contributed by atoms with Crippen molar-refractivity contribution in [3.8, 4) is 0 Å². The molecule has 3 aromatic rings. The van der Waals surface area contributed by atoms with Crippen LogP contribution in [0.1, 0.15) is 41.3 Å². The first kappa shape index (κ1) is 25.8. The van der Waals surface area contributed by atoms with Crippen LogP contribution in [-0.4, -0.2) is 36.2 Å². The Balaban J connectivity index is 1.45. The van der Waals surface area contributed by atoms with E-state index in [2.05, 4.69) is 5.32 Å². The molecule has 5 rings (SSSR count). The van der Waals surface area contributed by atoms with Gasteiger partial charge in [-0.1, -0.05) is 37.6 Å². The lowest BCUT2D eigenvalue weighted by atomic mass is 9.93. The van der Waals surface area contributed by atoms with E-state index in [0.29, 0.717) is 40.7 Å². The first-order valence-corrected chi connectivity index (χ1v) is 12.5. The van der Waals surface area contributed by atoms with Crippen molar-refractivity contribution in [1.29, 1.82) is 0 Å². The second-order valence-electron chi connectivity index (χ2n) is 10.2. The van der Waals surface area contributed by atoms with Crippen LogP contribution >= 0.6 is 11.6 Å². The molecule has 38 heavy (non-hydrogen) atoms. The zero-order valence-electron chi connectivity index (χ0n) is 20.8. The van der Waals surface area contributed by atoms with E-state index in [1.54, 1.807) is 59.5 Å². The van der Waals surface area contributed by atoms with Gasteiger partial charge in [-0.2, -0.15) is 0 Å². The summed E-state index contributed by atoms with van der Waals surface area (Å²) >= 11 is 5.93. The van der Waals surface area contributed by atoms with Crippen LogP contribution < -0.4 is 10.2 Å². The highest BCUT2D eigenvalue weighted by atomic mass is 35.5. The number of non-ortho nitro benzene ring substituents is 1. The number of hydrogen-bond acceptors (Lipinski definition) is 6. The van der Waals surface area contributed by atoms with Gasteiger partial charge in [0, 0.05) is 39.5 Å². The maximum Gasteiger partial charge on any atom is 0.269 e. The van der Waals surface area contributed by atoms with Crippen molar-refractivity contribution in [2.75, 3.05) is 23.4 Å². The highest BCUT2D eigenvalue weighted by Crippen LogP contribution is 2.44. The second-order valence-corrected chi connectivity index (χ2v) is 10.7. The Hall–Kier alpha value is -3.79. The molecule has 2 aliphatic heterocycles. The van der Waals surface area contributed by atoms with Crippen molar-refractivity contribution >= 4 is 40.5 Å². The lowest BCUT2D eigenvalue weighted by Gasteiger charge is -2.36. The number of carbonyl (C=O) groups excluding carboxylic acids is 2. The van der Waals surface area contributed by atoms with Crippen LogP contribution in [-0.2, 0) is 20.8 Å². The minimum absolute atomic E-state index is 0.0209. The monoisotopic (exact) mass is 535 g/mol. The average Bonchev–Trinajstić information content (AvgIpc) is 3.15. The van der Waals surface area contributed by atoms with Gasteiger partial charge < -0.3 is 19.7 Å². The zero-order valence-corrected chi connectivity index (χ0v) is 21.6. The fourth-order valence-corrected chi connectivity index (χ4v) is 4.71. The number of nitro benzene ring substituents is 1. The number of halogens is 1. The Morgan fingerprint density at radius 1 is 1.08 bits per heavy atom. The van der Waals surface area contributed by atoms with E-state index in [4.69, 9.17) is 21.1 Å². The maximum absolute atomic E-state index is 13.7. The molecule has 2 aliphatic rings. The molecule has 0 spiro atoms. The van der Waals surface area contributed by atoms with Gasteiger partial charge in [0.15, 0.2) is 6.29 Å². The Labute approximate surface area is 224 Å². The molecule has 1 N–H and O–H groups in total. The van der Waals surface area contributed by atoms with Gasteiger partial charge in [-0.3, -0.25) is 19.7 Å². The number of nitro groups is 1. The summed E-state index contributed by atoms with van der Waals surface area (Å²) in [6.07, 6.45) is -0.779. The molecule has 1 fully saturated rings. The third-order valence-corrected chi connectivity index (χ3v) is 6.84. The van der Waals surface area contributed by atoms with Gasteiger partial charge in [-0.15, -0.1) is 0 Å². The van der Waals surface area contributed by atoms with Crippen molar-refractivity contribution in [2.45, 2.75) is 32.6 Å². The number of nitrogens with one attached hydrogen (secondary N) is 1. The summed E-state index contributed by atoms with van der Waals surface area (Å²) in [5, 5.41) is 14.4. The summed E-state index contributed by atoms with van der Waals surface area (Å²) < 4.78 is 12.0. The Morgan fingerprint density at radius 3 is 2.37 bits per heavy atom.